The SMILES string of the molecule is Cn1cc(C2CCCCC2)c2ccc(Nc3cccc(N4CCOCC4)c3)cc21. The van der Waals surface area contributed by atoms with Gasteiger partial charge < -0.3 is 19.5 Å². The van der Waals surface area contributed by atoms with Crippen LogP contribution in [0.1, 0.15) is 43.6 Å². The molecule has 152 valence electrons. The Kier molecular flexibility index (Phi) is 5.19. The van der Waals surface area contributed by atoms with Gasteiger partial charge in [-0.15, -0.1) is 0 Å². The zero-order chi connectivity index (χ0) is 19.6. The van der Waals surface area contributed by atoms with Crippen LogP contribution in [0.25, 0.3) is 10.9 Å². The van der Waals surface area contributed by atoms with Crippen LogP contribution in [0, 0.1) is 0 Å². The van der Waals surface area contributed by atoms with E-state index in [0.29, 0.717) is 0 Å². The number of nitrogens with zero attached hydrogens (tertiary/aromatic N) is 2. The van der Waals surface area contributed by atoms with Gasteiger partial charge in [0.25, 0.3) is 0 Å². The largest absolute Gasteiger partial charge is 0.378 e. The molecule has 3 aromatic rings. The van der Waals surface area contributed by atoms with Crippen LogP contribution in [0.2, 0.25) is 0 Å². The minimum atomic E-state index is 0.733. The minimum Gasteiger partial charge on any atom is -0.378 e. The first-order valence-electron chi connectivity index (χ1n) is 11.1. The number of benzene rings is 2. The highest BCUT2D eigenvalue weighted by molar-refractivity contribution is 5.88. The highest BCUT2D eigenvalue weighted by Gasteiger charge is 2.20. The van der Waals surface area contributed by atoms with Crippen LogP contribution >= 0.6 is 0 Å². The Morgan fingerprint density at radius 3 is 2.55 bits per heavy atom. The summed E-state index contributed by atoms with van der Waals surface area (Å²) in [6.45, 7) is 3.54. The number of anilines is 3. The Labute approximate surface area is 173 Å². The van der Waals surface area contributed by atoms with Crippen molar-refractivity contribution in [3.8, 4) is 0 Å². The molecule has 0 amide bonds. The molecule has 2 heterocycles. The van der Waals surface area contributed by atoms with E-state index in [9.17, 15) is 0 Å². The van der Waals surface area contributed by atoms with Crippen molar-refractivity contribution in [1.29, 1.82) is 0 Å². The minimum absolute atomic E-state index is 0.733. The summed E-state index contributed by atoms with van der Waals surface area (Å²) in [5.74, 6) is 0.733. The standard InChI is InChI=1S/C25H31N3O/c1-27-18-24(19-6-3-2-4-7-19)23-11-10-21(17-25(23)27)26-20-8-5-9-22(16-20)28-12-14-29-15-13-28/h5,8-11,16-19,26H,2-4,6-7,12-15H2,1H3. The van der Waals surface area contributed by atoms with E-state index in [0.717, 1.165) is 43.6 Å². The Hall–Kier alpha value is -2.46. The summed E-state index contributed by atoms with van der Waals surface area (Å²) in [7, 11) is 2.18. The van der Waals surface area contributed by atoms with Crippen LogP contribution < -0.4 is 10.2 Å². The Bertz CT molecular complexity index is 981. The fourth-order valence-electron chi connectivity index (χ4n) is 5.00. The maximum atomic E-state index is 5.49. The van der Waals surface area contributed by atoms with Crippen molar-refractivity contribution in [1.82, 2.24) is 4.57 Å². The molecule has 1 saturated heterocycles. The molecule has 2 aliphatic rings. The van der Waals surface area contributed by atoms with Crippen LogP contribution in [0.4, 0.5) is 17.1 Å². The van der Waals surface area contributed by atoms with E-state index >= 15 is 0 Å². The van der Waals surface area contributed by atoms with Gasteiger partial charge in [-0.3, -0.25) is 0 Å². The number of hydrogen-bond donors (Lipinski definition) is 1. The summed E-state index contributed by atoms with van der Waals surface area (Å²) in [4.78, 5) is 2.39. The molecule has 0 bridgehead atoms. The second-order valence-electron chi connectivity index (χ2n) is 8.54. The van der Waals surface area contributed by atoms with Crippen LogP contribution in [0.5, 0.6) is 0 Å². The van der Waals surface area contributed by atoms with Gasteiger partial charge in [0.05, 0.1) is 18.7 Å². The van der Waals surface area contributed by atoms with Crippen molar-refractivity contribution in [2.75, 3.05) is 36.5 Å². The van der Waals surface area contributed by atoms with Crippen LogP contribution in [-0.4, -0.2) is 30.9 Å². The number of ether oxygens (including phenoxy) is 1. The molecule has 0 unspecified atom stereocenters. The number of aromatic nitrogens is 1. The monoisotopic (exact) mass is 389 g/mol. The maximum absolute atomic E-state index is 5.49. The molecule has 0 radical (unpaired) electrons. The Morgan fingerprint density at radius 1 is 0.931 bits per heavy atom. The molecule has 1 aromatic heterocycles. The van der Waals surface area contributed by atoms with Crippen LogP contribution in [0.15, 0.2) is 48.7 Å². The molecule has 2 fully saturated rings. The van der Waals surface area contributed by atoms with E-state index in [-0.39, 0.29) is 0 Å². The van der Waals surface area contributed by atoms with Gasteiger partial charge in [0, 0.05) is 48.8 Å². The third-order valence-electron chi connectivity index (χ3n) is 6.58. The fourth-order valence-corrected chi connectivity index (χ4v) is 5.00. The van der Waals surface area contributed by atoms with Crippen molar-refractivity contribution in [3.05, 3.63) is 54.2 Å². The normalized spacial score (nSPS) is 18.3. The average Bonchev–Trinajstić information content (AvgIpc) is 3.11. The topological polar surface area (TPSA) is 29.4 Å². The lowest BCUT2D eigenvalue weighted by atomic mass is 9.84. The van der Waals surface area contributed by atoms with Crippen molar-refractivity contribution >= 4 is 28.0 Å². The first kappa shape index (κ1) is 18.6. The predicted molar refractivity (Wildman–Crippen MR) is 122 cm³/mol. The third-order valence-corrected chi connectivity index (χ3v) is 6.58. The first-order chi connectivity index (χ1) is 14.3. The summed E-state index contributed by atoms with van der Waals surface area (Å²) in [5.41, 5.74) is 6.41. The first-order valence-corrected chi connectivity index (χ1v) is 11.1. The number of aryl methyl sites for hydroxylation is 1. The van der Waals surface area contributed by atoms with Gasteiger partial charge in [-0.1, -0.05) is 31.4 Å². The van der Waals surface area contributed by atoms with E-state index in [4.69, 9.17) is 4.74 Å². The molecular weight excluding hydrogens is 358 g/mol. The Morgan fingerprint density at radius 2 is 1.72 bits per heavy atom. The van der Waals surface area contributed by atoms with Crippen LogP contribution in [0.3, 0.4) is 0 Å². The maximum Gasteiger partial charge on any atom is 0.0642 e. The summed E-state index contributed by atoms with van der Waals surface area (Å²) in [6.07, 6.45) is 9.20. The Balaban J connectivity index is 1.39. The molecule has 29 heavy (non-hydrogen) atoms. The molecule has 4 heteroatoms. The van der Waals surface area contributed by atoms with Gasteiger partial charge in [-0.05, 0) is 54.7 Å². The molecule has 1 N–H and O–H groups in total. The molecule has 0 spiro atoms. The van der Waals surface area contributed by atoms with Gasteiger partial charge in [0.1, 0.15) is 0 Å². The molecule has 0 atom stereocenters. The second-order valence-corrected chi connectivity index (χ2v) is 8.54. The fraction of sp³-hybridized carbons (Fsp3) is 0.440. The van der Waals surface area contributed by atoms with E-state index in [1.54, 1.807) is 5.56 Å². The molecule has 4 nitrogen and oxygen atoms in total. The molecule has 1 aliphatic heterocycles. The van der Waals surface area contributed by atoms with Gasteiger partial charge >= 0.3 is 0 Å². The van der Waals surface area contributed by atoms with Crippen molar-refractivity contribution in [3.63, 3.8) is 0 Å². The van der Waals surface area contributed by atoms with Gasteiger partial charge in [0.2, 0.25) is 0 Å². The number of morpholine rings is 1. The van der Waals surface area contributed by atoms with Crippen molar-refractivity contribution < 1.29 is 4.74 Å². The number of rotatable bonds is 4. The van der Waals surface area contributed by atoms with Gasteiger partial charge in [-0.2, -0.15) is 0 Å². The smallest absolute Gasteiger partial charge is 0.0642 e. The zero-order valence-corrected chi connectivity index (χ0v) is 17.4. The summed E-state index contributed by atoms with van der Waals surface area (Å²) in [6, 6.07) is 15.6. The molecule has 2 aromatic carbocycles. The molecule has 1 saturated carbocycles. The van der Waals surface area contributed by atoms with Crippen molar-refractivity contribution in [2.45, 2.75) is 38.0 Å². The lowest BCUT2D eigenvalue weighted by molar-refractivity contribution is 0.122. The number of nitrogens with one attached hydrogen (secondary N) is 1. The summed E-state index contributed by atoms with van der Waals surface area (Å²) >= 11 is 0. The van der Waals surface area contributed by atoms with Gasteiger partial charge in [0.15, 0.2) is 0 Å². The van der Waals surface area contributed by atoms with Crippen LogP contribution in [-0.2, 0) is 11.8 Å². The quantitative estimate of drug-likeness (QED) is 0.611. The number of fused-ring (bicyclic) bond motifs is 1. The van der Waals surface area contributed by atoms with E-state index in [1.165, 1.54) is 48.7 Å². The van der Waals surface area contributed by atoms with E-state index in [2.05, 4.69) is 70.5 Å². The molecular formula is C25H31N3O. The molecule has 5 rings (SSSR count). The second kappa shape index (κ2) is 8.11. The predicted octanol–water partition coefficient (Wildman–Crippen LogP) is 5.81. The van der Waals surface area contributed by atoms with E-state index in [1.807, 2.05) is 0 Å². The van der Waals surface area contributed by atoms with E-state index < -0.39 is 0 Å². The third kappa shape index (κ3) is 3.86. The lowest BCUT2D eigenvalue weighted by Gasteiger charge is -2.29. The highest BCUT2D eigenvalue weighted by Crippen LogP contribution is 2.38. The highest BCUT2D eigenvalue weighted by atomic mass is 16.5. The summed E-state index contributed by atoms with van der Waals surface area (Å²) in [5, 5.41) is 5.04. The average molecular weight is 390 g/mol. The number of hydrogen-bond acceptors (Lipinski definition) is 3. The van der Waals surface area contributed by atoms with Crippen molar-refractivity contribution in [2.24, 2.45) is 7.05 Å². The lowest BCUT2D eigenvalue weighted by Crippen LogP contribution is -2.36. The summed E-state index contributed by atoms with van der Waals surface area (Å²) < 4.78 is 7.79. The molecule has 1 aliphatic carbocycles. The van der Waals surface area contributed by atoms with Gasteiger partial charge in [-0.25, -0.2) is 0 Å². The zero-order valence-electron chi connectivity index (χ0n) is 17.4.